The van der Waals surface area contributed by atoms with Crippen molar-refractivity contribution in [2.45, 2.75) is 74.3 Å². The Morgan fingerprint density at radius 2 is 1.63 bits per heavy atom. The van der Waals surface area contributed by atoms with E-state index in [1.54, 1.807) is 19.9 Å². The Hall–Kier alpha value is -1.55. The molecule has 27 heavy (non-hydrogen) atoms. The van der Waals surface area contributed by atoms with Crippen LogP contribution in [0, 0.1) is 11.8 Å². The lowest BCUT2D eigenvalue weighted by Crippen LogP contribution is -2.33. The first-order chi connectivity index (χ1) is 12.5. The number of ether oxygens (including phenoxy) is 1. The summed E-state index contributed by atoms with van der Waals surface area (Å²) in [7, 11) is 1.82. The largest absolute Gasteiger partial charge is 0.463 e. The fourth-order valence-corrected chi connectivity index (χ4v) is 1.76. The van der Waals surface area contributed by atoms with Crippen molar-refractivity contribution in [3.63, 3.8) is 0 Å². The van der Waals surface area contributed by atoms with Gasteiger partial charge in [0, 0.05) is 11.2 Å². The highest BCUT2D eigenvalue weighted by molar-refractivity contribution is 6.40. The molecule has 3 nitrogen and oxygen atoms in total. The number of hydrogen-bond donors (Lipinski definition) is 0. The molecule has 0 aromatic carbocycles. The molecular weight excluding hydrogens is 335 g/mol. The Balaban J connectivity index is 5.46. The lowest BCUT2D eigenvalue weighted by molar-refractivity contribution is -0.138. The molecule has 0 spiro atoms. The van der Waals surface area contributed by atoms with Gasteiger partial charge in [0.15, 0.2) is 0 Å². The van der Waals surface area contributed by atoms with Gasteiger partial charge in [-0.3, -0.25) is 0 Å². The molecule has 0 aromatic heterocycles. The van der Waals surface area contributed by atoms with E-state index >= 15 is 0 Å². The molecule has 0 aliphatic carbocycles. The molecule has 1 radical (unpaired) electrons. The summed E-state index contributed by atoms with van der Waals surface area (Å²) in [6.07, 6.45) is 11.1. The van der Waals surface area contributed by atoms with Crippen molar-refractivity contribution in [3.8, 4) is 0 Å². The Bertz CT molecular complexity index is 580. The van der Waals surface area contributed by atoms with Gasteiger partial charge in [0.05, 0.1) is 6.61 Å². The molecule has 0 rings (SSSR count). The van der Waals surface area contributed by atoms with Crippen LogP contribution in [0.3, 0.4) is 0 Å². The number of rotatable bonds is 11. The van der Waals surface area contributed by atoms with E-state index in [0.29, 0.717) is 24.0 Å². The second kappa shape index (κ2) is 12.8. The van der Waals surface area contributed by atoms with Gasteiger partial charge in [-0.1, -0.05) is 75.5 Å². The van der Waals surface area contributed by atoms with Crippen molar-refractivity contribution in [1.82, 2.24) is 0 Å². The number of carbonyl (C=O) groups excluding carboxylic acids is 1. The SMILES string of the molecule is CCOC(=O)/C(C)=C/C=C(C)/C([B]OC(C)(C)C(C)C)=C\C=C/C(C)CC. The fraction of sp³-hybridized carbons (Fsp3) is 0.609. The van der Waals surface area contributed by atoms with E-state index < -0.39 is 0 Å². The lowest BCUT2D eigenvalue weighted by atomic mass is 9.79. The molecular formula is C23H38BO3. The molecule has 0 heterocycles. The minimum Gasteiger partial charge on any atom is -0.463 e. The summed E-state index contributed by atoms with van der Waals surface area (Å²) in [4.78, 5) is 11.8. The highest BCUT2D eigenvalue weighted by atomic mass is 16.5. The minimum absolute atomic E-state index is 0.253. The summed E-state index contributed by atoms with van der Waals surface area (Å²) in [6.45, 7) is 18.8. The second-order valence-electron chi connectivity index (χ2n) is 7.81. The molecule has 0 fully saturated rings. The Kier molecular flexibility index (Phi) is 12.0. The minimum atomic E-state index is -0.287. The molecule has 0 saturated heterocycles. The number of hydrogen-bond acceptors (Lipinski definition) is 3. The Morgan fingerprint density at radius 3 is 2.15 bits per heavy atom. The van der Waals surface area contributed by atoms with Gasteiger partial charge in [0.1, 0.15) is 0 Å². The molecule has 0 saturated carbocycles. The van der Waals surface area contributed by atoms with Crippen LogP contribution in [0.15, 0.2) is 47.0 Å². The Morgan fingerprint density at radius 1 is 1.04 bits per heavy atom. The first-order valence-corrected chi connectivity index (χ1v) is 9.97. The van der Waals surface area contributed by atoms with Crippen LogP contribution in [0.1, 0.15) is 68.7 Å². The molecule has 4 heteroatoms. The monoisotopic (exact) mass is 373 g/mol. The van der Waals surface area contributed by atoms with Gasteiger partial charge < -0.3 is 9.39 Å². The molecule has 0 aromatic rings. The quantitative estimate of drug-likeness (QED) is 0.193. The van der Waals surface area contributed by atoms with Gasteiger partial charge in [-0.2, -0.15) is 0 Å². The number of esters is 1. The maximum absolute atomic E-state index is 11.8. The van der Waals surface area contributed by atoms with E-state index in [-0.39, 0.29) is 11.6 Å². The van der Waals surface area contributed by atoms with Crippen molar-refractivity contribution >= 4 is 13.5 Å². The highest BCUT2D eigenvalue weighted by Crippen LogP contribution is 2.22. The predicted molar refractivity (Wildman–Crippen MR) is 117 cm³/mol. The molecule has 0 amide bonds. The standard InChI is InChI=1S/C23H38BO3/c1-10-18(5)13-12-14-21(24-27-23(8,9)17(3)4)19(6)15-16-20(7)22(25)26-11-2/h12-18H,10-11H2,1-9H3/b13-12-,19-15+,20-16+,21-14+. The maximum atomic E-state index is 11.8. The molecule has 0 N–H and O–H groups in total. The second-order valence-corrected chi connectivity index (χ2v) is 7.81. The fourth-order valence-electron chi connectivity index (χ4n) is 1.76. The van der Waals surface area contributed by atoms with Crippen LogP contribution in [0.5, 0.6) is 0 Å². The zero-order valence-electron chi connectivity index (χ0n) is 18.8. The summed E-state index contributed by atoms with van der Waals surface area (Å²) >= 11 is 0. The van der Waals surface area contributed by atoms with Crippen LogP contribution in [-0.2, 0) is 14.2 Å². The van der Waals surface area contributed by atoms with Gasteiger partial charge in [-0.15, -0.1) is 0 Å². The third-order valence-corrected chi connectivity index (χ3v) is 4.88. The highest BCUT2D eigenvalue weighted by Gasteiger charge is 2.23. The predicted octanol–water partition coefficient (Wildman–Crippen LogP) is 6.00. The number of allylic oxidation sites excluding steroid dienone is 7. The lowest BCUT2D eigenvalue weighted by Gasteiger charge is -2.30. The average molecular weight is 373 g/mol. The summed E-state index contributed by atoms with van der Waals surface area (Å²) in [5.41, 5.74) is 2.33. The van der Waals surface area contributed by atoms with E-state index in [2.05, 4.69) is 59.8 Å². The Labute approximate surface area is 167 Å². The van der Waals surface area contributed by atoms with E-state index in [9.17, 15) is 4.79 Å². The number of carbonyl (C=O) groups is 1. The van der Waals surface area contributed by atoms with E-state index in [1.165, 1.54) is 0 Å². The average Bonchev–Trinajstić information content (AvgIpc) is 2.61. The third kappa shape index (κ3) is 10.4. The van der Waals surface area contributed by atoms with Crippen LogP contribution in [-0.4, -0.2) is 25.7 Å². The third-order valence-electron chi connectivity index (χ3n) is 4.88. The van der Waals surface area contributed by atoms with Crippen molar-refractivity contribution < 1.29 is 14.2 Å². The summed E-state index contributed by atoms with van der Waals surface area (Å²) in [6, 6.07) is 0. The maximum Gasteiger partial charge on any atom is 0.333 e. The molecule has 151 valence electrons. The van der Waals surface area contributed by atoms with Gasteiger partial charge >= 0.3 is 13.5 Å². The van der Waals surface area contributed by atoms with Crippen molar-refractivity contribution in [2.75, 3.05) is 6.61 Å². The van der Waals surface area contributed by atoms with Gasteiger partial charge in [-0.25, -0.2) is 4.79 Å². The summed E-state index contributed by atoms with van der Waals surface area (Å²) in [5, 5.41) is 0. The smallest absolute Gasteiger partial charge is 0.333 e. The van der Waals surface area contributed by atoms with Crippen molar-refractivity contribution in [2.24, 2.45) is 11.8 Å². The zero-order chi connectivity index (χ0) is 21.0. The molecule has 0 aliphatic rings. The van der Waals surface area contributed by atoms with Gasteiger partial charge in [0.25, 0.3) is 0 Å². The van der Waals surface area contributed by atoms with E-state index in [1.807, 2.05) is 20.5 Å². The molecule has 0 aliphatic heterocycles. The van der Waals surface area contributed by atoms with Crippen LogP contribution in [0.25, 0.3) is 0 Å². The first kappa shape index (κ1) is 25.5. The normalized spacial score (nSPS) is 15.4. The van der Waals surface area contributed by atoms with Crippen molar-refractivity contribution in [1.29, 1.82) is 0 Å². The van der Waals surface area contributed by atoms with E-state index in [4.69, 9.17) is 9.39 Å². The molecule has 0 bridgehead atoms. The first-order valence-electron chi connectivity index (χ1n) is 9.97. The molecule has 1 atom stereocenters. The van der Waals surface area contributed by atoms with Gasteiger partial charge in [-0.05, 0) is 46.5 Å². The topological polar surface area (TPSA) is 35.5 Å². The zero-order valence-corrected chi connectivity index (χ0v) is 18.8. The van der Waals surface area contributed by atoms with Crippen molar-refractivity contribution in [3.05, 3.63) is 47.0 Å². The van der Waals surface area contributed by atoms with Crippen LogP contribution < -0.4 is 0 Å². The van der Waals surface area contributed by atoms with Crippen LogP contribution >= 0.6 is 0 Å². The summed E-state index contributed by atoms with van der Waals surface area (Å²) in [5.74, 6) is 0.636. The van der Waals surface area contributed by atoms with Gasteiger partial charge in [0.2, 0.25) is 0 Å². The summed E-state index contributed by atoms with van der Waals surface area (Å²) < 4.78 is 11.1. The van der Waals surface area contributed by atoms with Crippen LogP contribution in [0.4, 0.5) is 0 Å². The van der Waals surface area contributed by atoms with Crippen LogP contribution in [0.2, 0.25) is 0 Å². The van der Waals surface area contributed by atoms with E-state index in [0.717, 1.165) is 17.5 Å². The molecule has 1 unspecified atom stereocenters.